The van der Waals surface area contributed by atoms with Crippen LogP contribution in [-0.2, 0) is 4.79 Å². The van der Waals surface area contributed by atoms with Crippen molar-refractivity contribution in [3.8, 4) is 0 Å². The van der Waals surface area contributed by atoms with E-state index in [0.29, 0.717) is 24.5 Å². The number of piperazine rings is 1. The van der Waals surface area contributed by atoms with Crippen LogP contribution in [0.5, 0.6) is 0 Å². The Labute approximate surface area is 123 Å². The van der Waals surface area contributed by atoms with Crippen LogP contribution in [0.25, 0.3) is 0 Å². The maximum absolute atomic E-state index is 12.1. The molecule has 1 aromatic heterocycles. The van der Waals surface area contributed by atoms with E-state index < -0.39 is 11.9 Å². The quantitative estimate of drug-likeness (QED) is 0.685. The third kappa shape index (κ3) is 2.97. The molecule has 1 unspecified atom stereocenters. The van der Waals surface area contributed by atoms with Gasteiger partial charge in [-0.25, -0.2) is 4.98 Å². The minimum atomic E-state index is -0.524. The molecule has 0 saturated carbocycles. The third-order valence-corrected chi connectivity index (χ3v) is 3.64. The van der Waals surface area contributed by atoms with Crippen LogP contribution in [0.3, 0.4) is 0 Å². The van der Waals surface area contributed by atoms with Crippen LogP contribution in [0, 0.1) is 13.8 Å². The Balaban J connectivity index is 2.52. The summed E-state index contributed by atoms with van der Waals surface area (Å²) in [5.41, 5.74) is 7.46. The number of nitrogens with one attached hydrogen (secondary N) is 2. The lowest BCUT2D eigenvalue weighted by atomic mass is 10.1. The Bertz CT molecular complexity index is 573. The van der Waals surface area contributed by atoms with Gasteiger partial charge in [-0.3, -0.25) is 9.59 Å². The van der Waals surface area contributed by atoms with Gasteiger partial charge in [0.15, 0.2) is 0 Å². The molecule has 1 aliphatic rings. The molecule has 0 bridgehead atoms. The normalized spacial score (nSPS) is 18.4. The van der Waals surface area contributed by atoms with E-state index in [9.17, 15) is 9.59 Å². The number of anilines is 1. The number of nitrogens with two attached hydrogens (primary N) is 1. The molecule has 0 spiro atoms. The third-order valence-electron chi connectivity index (χ3n) is 3.64. The van der Waals surface area contributed by atoms with Gasteiger partial charge in [-0.05, 0) is 25.5 Å². The standard InChI is InChI=1S/C14H21N5O2/c1-8-6-9(2)18-13(11(8)12(15)20)19-5-4-17-7-10(19)14(21)16-3/h6,10,17H,4-5,7H2,1-3H3,(H2,15,20)(H,16,21). The molecule has 1 aromatic rings. The van der Waals surface area contributed by atoms with E-state index in [-0.39, 0.29) is 5.91 Å². The molecule has 0 aliphatic carbocycles. The molecule has 7 nitrogen and oxygen atoms in total. The highest BCUT2D eigenvalue weighted by Crippen LogP contribution is 2.24. The van der Waals surface area contributed by atoms with Gasteiger partial charge in [-0.2, -0.15) is 0 Å². The highest BCUT2D eigenvalue weighted by Gasteiger charge is 2.31. The van der Waals surface area contributed by atoms with Gasteiger partial charge >= 0.3 is 0 Å². The molecule has 21 heavy (non-hydrogen) atoms. The second-order valence-electron chi connectivity index (χ2n) is 5.17. The van der Waals surface area contributed by atoms with Crippen LogP contribution in [0.15, 0.2) is 6.07 Å². The monoisotopic (exact) mass is 291 g/mol. The summed E-state index contributed by atoms with van der Waals surface area (Å²) >= 11 is 0. The number of primary amides is 1. The first-order valence-electron chi connectivity index (χ1n) is 6.92. The maximum atomic E-state index is 12.1. The minimum Gasteiger partial charge on any atom is -0.365 e. The summed E-state index contributed by atoms with van der Waals surface area (Å²) in [5, 5.41) is 5.83. The number of carbonyl (C=O) groups is 2. The number of amides is 2. The zero-order valence-corrected chi connectivity index (χ0v) is 12.6. The van der Waals surface area contributed by atoms with Crippen LogP contribution < -0.4 is 21.3 Å². The Hall–Kier alpha value is -2.15. The van der Waals surface area contributed by atoms with Crippen molar-refractivity contribution in [1.29, 1.82) is 0 Å². The van der Waals surface area contributed by atoms with Crippen molar-refractivity contribution in [1.82, 2.24) is 15.6 Å². The van der Waals surface area contributed by atoms with Crippen molar-refractivity contribution in [2.75, 3.05) is 31.6 Å². The molecule has 1 aliphatic heterocycles. The van der Waals surface area contributed by atoms with Gasteiger partial charge in [-0.1, -0.05) is 0 Å². The Kier molecular flexibility index (Phi) is 4.42. The largest absolute Gasteiger partial charge is 0.365 e. The number of hydrogen-bond donors (Lipinski definition) is 3. The molecule has 2 heterocycles. The van der Waals surface area contributed by atoms with Crippen molar-refractivity contribution in [3.63, 3.8) is 0 Å². The molecule has 7 heteroatoms. The summed E-state index contributed by atoms with van der Waals surface area (Å²) < 4.78 is 0. The predicted molar refractivity (Wildman–Crippen MR) is 80.3 cm³/mol. The van der Waals surface area contributed by atoms with Gasteiger partial charge < -0.3 is 21.3 Å². The average Bonchev–Trinajstić information content (AvgIpc) is 2.45. The lowest BCUT2D eigenvalue weighted by molar-refractivity contribution is -0.122. The summed E-state index contributed by atoms with van der Waals surface area (Å²) in [4.78, 5) is 30.2. The van der Waals surface area contributed by atoms with Gasteiger partial charge in [0.2, 0.25) is 5.91 Å². The zero-order chi connectivity index (χ0) is 15.6. The van der Waals surface area contributed by atoms with E-state index in [1.807, 2.05) is 24.8 Å². The van der Waals surface area contributed by atoms with Crippen molar-refractivity contribution < 1.29 is 9.59 Å². The Morgan fingerprint density at radius 1 is 1.48 bits per heavy atom. The van der Waals surface area contributed by atoms with Crippen LogP contribution in [0.2, 0.25) is 0 Å². The summed E-state index contributed by atoms with van der Waals surface area (Å²) in [6, 6.07) is 1.41. The molecule has 1 atom stereocenters. The fourth-order valence-corrected chi connectivity index (χ4v) is 2.69. The van der Waals surface area contributed by atoms with E-state index in [0.717, 1.165) is 17.8 Å². The molecule has 0 aromatic carbocycles. The summed E-state index contributed by atoms with van der Waals surface area (Å²) in [5.74, 6) is -0.141. The Morgan fingerprint density at radius 3 is 2.81 bits per heavy atom. The number of nitrogens with zero attached hydrogens (tertiary/aromatic N) is 2. The van der Waals surface area contributed by atoms with Gasteiger partial charge in [0.1, 0.15) is 11.9 Å². The first-order valence-corrected chi connectivity index (χ1v) is 6.92. The first kappa shape index (κ1) is 15.2. The summed E-state index contributed by atoms with van der Waals surface area (Å²) in [7, 11) is 1.60. The smallest absolute Gasteiger partial charge is 0.252 e. The fourth-order valence-electron chi connectivity index (χ4n) is 2.69. The molecular weight excluding hydrogens is 270 g/mol. The molecule has 114 valence electrons. The number of hydrogen-bond acceptors (Lipinski definition) is 5. The van der Waals surface area contributed by atoms with E-state index in [1.165, 1.54) is 0 Å². The first-order chi connectivity index (χ1) is 9.95. The minimum absolute atomic E-state index is 0.112. The lowest BCUT2D eigenvalue weighted by Crippen LogP contribution is -2.58. The number of pyridine rings is 1. The Morgan fingerprint density at radius 2 is 2.19 bits per heavy atom. The molecular formula is C14H21N5O2. The van der Waals surface area contributed by atoms with Crippen LogP contribution in [0.4, 0.5) is 5.82 Å². The number of aryl methyl sites for hydroxylation is 2. The number of aromatic nitrogens is 1. The van der Waals surface area contributed by atoms with E-state index in [1.54, 1.807) is 7.05 Å². The molecule has 1 saturated heterocycles. The maximum Gasteiger partial charge on any atom is 0.252 e. The summed E-state index contributed by atoms with van der Waals surface area (Å²) in [6.45, 7) is 5.51. The second kappa shape index (κ2) is 6.09. The molecule has 1 fully saturated rings. The zero-order valence-electron chi connectivity index (χ0n) is 12.6. The highest BCUT2D eigenvalue weighted by molar-refractivity contribution is 6.00. The van der Waals surface area contributed by atoms with E-state index in [4.69, 9.17) is 5.73 Å². The lowest BCUT2D eigenvalue weighted by Gasteiger charge is -2.36. The van der Waals surface area contributed by atoms with Crippen molar-refractivity contribution in [2.24, 2.45) is 5.73 Å². The van der Waals surface area contributed by atoms with Gasteiger partial charge in [0, 0.05) is 32.4 Å². The molecule has 0 radical (unpaired) electrons. The van der Waals surface area contributed by atoms with Gasteiger partial charge in [0.25, 0.3) is 5.91 Å². The van der Waals surface area contributed by atoms with E-state index in [2.05, 4.69) is 15.6 Å². The SMILES string of the molecule is CNC(=O)C1CNCCN1c1nc(C)cc(C)c1C(N)=O. The second-order valence-corrected chi connectivity index (χ2v) is 5.17. The number of rotatable bonds is 3. The molecule has 2 amide bonds. The van der Waals surface area contributed by atoms with Crippen LogP contribution in [0.1, 0.15) is 21.6 Å². The molecule has 2 rings (SSSR count). The average molecular weight is 291 g/mol. The number of carbonyl (C=O) groups excluding carboxylic acids is 2. The van der Waals surface area contributed by atoms with Crippen molar-refractivity contribution >= 4 is 17.6 Å². The van der Waals surface area contributed by atoms with Crippen molar-refractivity contribution in [3.05, 3.63) is 22.9 Å². The predicted octanol–water partition coefficient (Wildman–Crippen LogP) is -0.678. The van der Waals surface area contributed by atoms with Crippen LogP contribution in [-0.4, -0.2) is 49.5 Å². The fraction of sp³-hybridized carbons (Fsp3) is 0.500. The van der Waals surface area contributed by atoms with E-state index >= 15 is 0 Å². The van der Waals surface area contributed by atoms with Gasteiger partial charge in [0.05, 0.1) is 5.56 Å². The van der Waals surface area contributed by atoms with Crippen molar-refractivity contribution in [2.45, 2.75) is 19.9 Å². The molecule has 4 N–H and O–H groups in total. The van der Waals surface area contributed by atoms with Gasteiger partial charge in [-0.15, -0.1) is 0 Å². The topological polar surface area (TPSA) is 100 Å². The van der Waals surface area contributed by atoms with Crippen LogP contribution >= 0.6 is 0 Å². The summed E-state index contributed by atoms with van der Waals surface area (Å²) in [6.07, 6.45) is 0. The highest BCUT2D eigenvalue weighted by atomic mass is 16.2. The number of likely N-dealkylation sites (N-methyl/N-ethyl adjacent to an activating group) is 1.